The summed E-state index contributed by atoms with van der Waals surface area (Å²) < 4.78 is 4.07. The Morgan fingerprint density at radius 1 is 0.515 bits per heavy atom. The molecule has 0 aliphatic carbocycles. The SMILES string of the molecule is Cc1ccc(-c2nc3ccc(C)cn3c2CC(=O)N(C)C)cc1.Cc1ccc(-c2nc3ccc(C)cn3c2CC(=O)N(C)C)cc1.O=C(O)C(O)C(O)C(=O)O.OC[C@@H](O)[C@H](O)[C@@H](O)CO. The Morgan fingerprint density at radius 2 is 0.818 bits per heavy atom. The normalized spacial score (nSPS) is 13.1. The van der Waals surface area contributed by atoms with Crippen LogP contribution >= 0.6 is 0 Å². The highest BCUT2D eigenvalue weighted by molar-refractivity contribution is 5.83. The van der Waals surface area contributed by atoms with Gasteiger partial charge in [0.1, 0.15) is 29.6 Å². The second kappa shape index (κ2) is 24.6. The van der Waals surface area contributed by atoms with Gasteiger partial charge < -0.3 is 64.6 Å². The number of likely N-dealkylation sites (N-methyl/N-ethyl adjacent to an activating group) is 2. The predicted molar refractivity (Wildman–Crippen MR) is 244 cm³/mol. The molecule has 9 N–H and O–H groups in total. The van der Waals surface area contributed by atoms with E-state index in [-0.39, 0.29) is 11.8 Å². The highest BCUT2D eigenvalue weighted by atomic mass is 16.4. The van der Waals surface area contributed by atoms with Crippen molar-refractivity contribution in [3.63, 3.8) is 0 Å². The van der Waals surface area contributed by atoms with Crippen LogP contribution in [0.1, 0.15) is 33.6 Å². The van der Waals surface area contributed by atoms with Crippen LogP contribution in [0.2, 0.25) is 0 Å². The molecule has 0 fully saturated rings. The quantitative estimate of drug-likeness (QED) is 0.0792. The molecule has 2 unspecified atom stereocenters. The number of aliphatic carboxylic acids is 2. The lowest BCUT2D eigenvalue weighted by Crippen LogP contribution is -2.41. The summed E-state index contributed by atoms with van der Waals surface area (Å²) in [5.41, 5.74) is 12.2. The van der Waals surface area contributed by atoms with Gasteiger partial charge in [-0.15, -0.1) is 0 Å². The third-order valence-corrected chi connectivity index (χ3v) is 9.98. The maximum Gasteiger partial charge on any atom is 0.335 e. The Morgan fingerprint density at radius 3 is 1.09 bits per heavy atom. The number of hydrogen-bond acceptors (Lipinski definition) is 13. The lowest BCUT2D eigenvalue weighted by molar-refractivity contribution is -0.165. The molecule has 66 heavy (non-hydrogen) atoms. The Kier molecular flexibility index (Phi) is 20.1. The molecule has 19 heteroatoms. The summed E-state index contributed by atoms with van der Waals surface area (Å²) in [4.78, 5) is 56.8. The molecule has 0 aliphatic rings. The number of aromatic nitrogens is 4. The number of hydrogen-bond donors (Lipinski definition) is 9. The van der Waals surface area contributed by atoms with Gasteiger partial charge in [0.25, 0.3) is 0 Å². The smallest absolute Gasteiger partial charge is 0.335 e. The zero-order valence-corrected chi connectivity index (χ0v) is 38.1. The molecule has 0 spiro atoms. The van der Waals surface area contributed by atoms with Crippen LogP contribution in [-0.4, -0.2) is 170 Å². The average molecular weight is 917 g/mol. The van der Waals surface area contributed by atoms with Crippen molar-refractivity contribution in [2.75, 3.05) is 41.4 Å². The van der Waals surface area contributed by atoms with Crippen molar-refractivity contribution in [3.8, 4) is 22.5 Å². The van der Waals surface area contributed by atoms with E-state index in [0.29, 0.717) is 12.8 Å². The van der Waals surface area contributed by atoms with E-state index in [4.69, 9.17) is 55.9 Å². The van der Waals surface area contributed by atoms with Gasteiger partial charge in [-0.25, -0.2) is 19.6 Å². The van der Waals surface area contributed by atoms with Gasteiger partial charge in [0, 0.05) is 51.7 Å². The first-order chi connectivity index (χ1) is 31.0. The molecule has 2 amide bonds. The Hall–Kier alpha value is -6.58. The molecule has 2 aromatic carbocycles. The highest BCUT2D eigenvalue weighted by Gasteiger charge is 2.29. The van der Waals surface area contributed by atoms with Crippen LogP contribution in [0, 0.1) is 27.7 Å². The number of carboxylic acids is 2. The van der Waals surface area contributed by atoms with Crippen LogP contribution in [0.3, 0.4) is 0 Å². The maximum absolute atomic E-state index is 12.3. The number of carboxylic acid groups (broad SMARTS) is 2. The summed E-state index contributed by atoms with van der Waals surface area (Å²) in [5, 5.41) is 75.1. The lowest BCUT2D eigenvalue weighted by Gasteiger charge is -2.19. The molecule has 0 aliphatic heterocycles. The van der Waals surface area contributed by atoms with E-state index in [2.05, 4.69) is 62.4 Å². The Bertz CT molecular complexity index is 2380. The van der Waals surface area contributed by atoms with Crippen molar-refractivity contribution in [1.29, 1.82) is 0 Å². The van der Waals surface area contributed by atoms with Crippen molar-refractivity contribution in [2.45, 2.75) is 71.1 Å². The molecule has 5 atom stereocenters. The standard InChI is InChI=1S/2C19H21N3O.C5H12O5.C4H6O6/c2*1-13-5-8-15(9-6-13)19-16(11-18(23)21(3)4)22-12-14(2)7-10-17(22)20-19;6-1-3(8)5(10)4(9)2-7;5-1(3(7)8)2(6)4(9)10/h2*5-10,12H,11H2,1-4H3;3-10H,1-2H2;1-2,5-6H,(H,7,8)(H,9,10)/t;;3-,4+,5+;. The van der Waals surface area contributed by atoms with Gasteiger partial charge in [-0.3, -0.25) is 9.59 Å². The number of aryl methyl sites for hydroxylation is 4. The van der Waals surface area contributed by atoms with Crippen molar-refractivity contribution >= 4 is 35.0 Å². The second-order valence-electron chi connectivity index (χ2n) is 15.9. The van der Waals surface area contributed by atoms with Gasteiger partial charge in [-0.05, 0) is 51.0 Å². The lowest BCUT2D eigenvalue weighted by atomic mass is 10.1. The average Bonchev–Trinajstić information content (AvgIpc) is 3.82. The summed E-state index contributed by atoms with van der Waals surface area (Å²) in [6.45, 7) is 6.93. The fourth-order valence-electron chi connectivity index (χ4n) is 5.97. The molecular formula is C47H60N6O13. The first-order valence-corrected chi connectivity index (χ1v) is 20.6. The summed E-state index contributed by atoms with van der Waals surface area (Å²) in [6.07, 6.45) is -4.08. The molecule has 6 rings (SSSR count). The van der Waals surface area contributed by atoms with Crippen molar-refractivity contribution in [1.82, 2.24) is 28.6 Å². The van der Waals surface area contributed by atoms with E-state index in [1.54, 1.807) is 38.0 Å². The Balaban J connectivity index is 0.000000252. The molecule has 0 saturated carbocycles. The monoisotopic (exact) mass is 916 g/mol. The number of benzene rings is 2. The summed E-state index contributed by atoms with van der Waals surface area (Å²) in [7, 11) is 7.12. The van der Waals surface area contributed by atoms with Gasteiger partial charge in [-0.1, -0.05) is 71.8 Å². The number of carbonyl (C=O) groups is 4. The molecule has 6 aromatic rings. The summed E-state index contributed by atoms with van der Waals surface area (Å²) in [6, 6.07) is 24.6. The largest absolute Gasteiger partial charge is 0.479 e. The van der Waals surface area contributed by atoms with Crippen LogP contribution in [0.25, 0.3) is 33.8 Å². The van der Waals surface area contributed by atoms with Crippen molar-refractivity contribution in [2.24, 2.45) is 0 Å². The number of nitrogens with zero attached hydrogens (tertiary/aromatic N) is 6. The molecule has 19 nitrogen and oxygen atoms in total. The Labute approximate surface area is 381 Å². The molecule has 0 saturated heterocycles. The number of aliphatic hydroxyl groups is 7. The van der Waals surface area contributed by atoms with Crippen molar-refractivity contribution < 1.29 is 65.1 Å². The van der Waals surface area contributed by atoms with Crippen LogP contribution in [0.5, 0.6) is 0 Å². The number of carbonyl (C=O) groups excluding carboxylic acids is 2. The molecule has 0 radical (unpaired) electrons. The fourth-order valence-corrected chi connectivity index (χ4v) is 5.97. The van der Waals surface area contributed by atoms with Gasteiger partial charge in [0.2, 0.25) is 11.8 Å². The van der Waals surface area contributed by atoms with E-state index in [9.17, 15) is 19.2 Å². The van der Waals surface area contributed by atoms with Crippen LogP contribution in [0.4, 0.5) is 0 Å². The minimum Gasteiger partial charge on any atom is -0.479 e. The summed E-state index contributed by atoms with van der Waals surface area (Å²) in [5.74, 6) is -3.40. The highest BCUT2D eigenvalue weighted by Crippen LogP contribution is 2.27. The van der Waals surface area contributed by atoms with E-state index in [0.717, 1.165) is 56.3 Å². The zero-order chi connectivity index (χ0) is 49.6. The first kappa shape index (κ1) is 53.8. The number of fused-ring (bicyclic) bond motifs is 2. The molecule has 0 bridgehead atoms. The van der Waals surface area contributed by atoms with E-state index < -0.39 is 55.7 Å². The predicted octanol–water partition coefficient (Wildman–Crippen LogP) is 1.43. The third kappa shape index (κ3) is 14.7. The van der Waals surface area contributed by atoms with Gasteiger partial charge in [0.15, 0.2) is 12.2 Å². The third-order valence-electron chi connectivity index (χ3n) is 9.98. The first-order valence-electron chi connectivity index (χ1n) is 20.6. The molecule has 4 aromatic heterocycles. The minimum atomic E-state index is -2.27. The van der Waals surface area contributed by atoms with Crippen LogP contribution in [0.15, 0.2) is 85.2 Å². The maximum atomic E-state index is 12.3. The molecule has 4 heterocycles. The fraction of sp³-hybridized carbons (Fsp3) is 0.362. The summed E-state index contributed by atoms with van der Waals surface area (Å²) >= 11 is 0. The second-order valence-corrected chi connectivity index (χ2v) is 15.9. The number of imidazole rings is 2. The van der Waals surface area contributed by atoms with Crippen LogP contribution < -0.4 is 0 Å². The molecule has 356 valence electrons. The van der Waals surface area contributed by atoms with Gasteiger partial charge >= 0.3 is 11.9 Å². The number of pyridine rings is 2. The zero-order valence-electron chi connectivity index (χ0n) is 38.1. The molecular weight excluding hydrogens is 857 g/mol. The van der Waals surface area contributed by atoms with E-state index >= 15 is 0 Å². The van der Waals surface area contributed by atoms with E-state index in [1.807, 2.05) is 59.3 Å². The number of aliphatic hydroxyl groups excluding tert-OH is 7. The number of rotatable bonds is 13. The van der Waals surface area contributed by atoms with Crippen molar-refractivity contribution in [3.05, 3.63) is 119 Å². The van der Waals surface area contributed by atoms with Gasteiger partial charge in [0.05, 0.1) is 48.8 Å². The van der Waals surface area contributed by atoms with E-state index in [1.165, 1.54) is 11.1 Å². The minimum absolute atomic E-state index is 0.0710. The van der Waals surface area contributed by atoms with Gasteiger partial charge in [-0.2, -0.15) is 0 Å². The number of amides is 2. The topological polar surface area (TPSA) is 291 Å². The van der Waals surface area contributed by atoms with Crippen LogP contribution in [-0.2, 0) is 32.0 Å².